The van der Waals surface area contributed by atoms with Crippen molar-refractivity contribution in [1.29, 1.82) is 0 Å². The van der Waals surface area contributed by atoms with Crippen LogP contribution in [0.1, 0.15) is 18.4 Å². The van der Waals surface area contributed by atoms with E-state index in [9.17, 15) is 4.79 Å². The molecule has 4 heteroatoms. The summed E-state index contributed by atoms with van der Waals surface area (Å²) in [7, 11) is 3.59. The first kappa shape index (κ1) is 11.1. The average Bonchev–Trinajstić information content (AvgIpc) is 2.79. The molecule has 0 unspecified atom stereocenters. The SMILES string of the molecule is CN(C)C(=O)[C@]1(c2ccncc2)CCCN1. The third-order valence-corrected chi connectivity index (χ3v) is 3.10. The summed E-state index contributed by atoms with van der Waals surface area (Å²) in [6.07, 6.45) is 5.36. The second-order valence-corrected chi connectivity index (χ2v) is 4.37. The van der Waals surface area contributed by atoms with Crippen LogP contribution >= 0.6 is 0 Å². The van der Waals surface area contributed by atoms with Gasteiger partial charge in [-0.1, -0.05) is 0 Å². The molecule has 0 aromatic carbocycles. The average molecular weight is 219 g/mol. The number of carbonyl (C=O) groups excluding carboxylic acids is 1. The fraction of sp³-hybridized carbons (Fsp3) is 0.500. The lowest BCUT2D eigenvalue weighted by Crippen LogP contribution is -2.50. The molecule has 0 saturated carbocycles. The van der Waals surface area contributed by atoms with E-state index < -0.39 is 5.54 Å². The number of hydrogen-bond acceptors (Lipinski definition) is 3. The minimum absolute atomic E-state index is 0.121. The van der Waals surface area contributed by atoms with Gasteiger partial charge in [0.2, 0.25) is 5.91 Å². The Balaban J connectivity index is 2.40. The second kappa shape index (κ2) is 4.22. The van der Waals surface area contributed by atoms with Gasteiger partial charge in [0.05, 0.1) is 0 Å². The number of nitrogens with zero attached hydrogens (tertiary/aromatic N) is 2. The summed E-state index contributed by atoms with van der Waals surface area (Å²) >= 11 is 0. The molecule has 1 fully saturated rings. The predicted octanol–water partition coefficient (Wildman–Crippen LogP) is 0.748. The monoisotopic (exact) mass is 219 g/mol. The molecule has 0 bridgehead atoms. The van der Waals surface area contributed by atoms with Crippen LogP contribution in [-0.2, 0) is 10.3 Å². The molecule has 1 aromatic heterocycles. The zero-order valence-corrected chi connectivity index (χ0v) is 9.73. The molecule has 1 N–H and O–H groups in total. The van der Waals surface area contributed by atoms with E-state index in [1.165, 1.54) is 0 Å². The van der Waals surface area contributed by atoms with Crippen molar-refractivity contribution in [1.82, 2.24) is 15.2 Å². The Morgan fingerprint density at radius 3 is 2.62 bits per heavy atom. The summed E-state index contributed by atoms with van der Waals surface area (Å²) in [5.41, 5.74) is 0.477. The Morgan fingerprint density at radius 2 is 2.12 bits per heavy atom. The van der Waals surface area contributed by atoms with Crippen molar-refractivity contribution in [3.05, 3.63) is 30.1 Å². The van der Waals surface area contributed by atoms with E-state index in [2.05, 4.69) is 10.3 Å². The molecule has 4 nitrogen and oxygen atoms in total. The summed E-state index contributed by atoms with van der Waals surface area (Å²) in [4.78, 5) is 18.0. The van der Waals surface area contributed by atoms with Crippen LogP contribution < -0.4 is 5.32 Å². The maximum atomic E-state index is 12.3. The van der Waals surface area contributed by atoms with Gasteiger partial charge in [-0.25, -0.2) is 0 Å². The topological polar surface area (TPSA) is 45.2 Å². The van der Waals surface area contributed by atoms with Gasteiger partial charge in [-0.3, -0.25) is 15.1 Å². The van der Waals surface area contributed by atoms with Gasteiger partial charge in [0.25, 0.3) is 0 Å². The number of carbonyl (C=O) groups is 1. The predicted molar refractivity (Wildman–Crippen MR) is 61.8 cm³/mol. The molecule has 1 saturated heterocycles. The van der Waals surface area contributed by atoms with E-state index in [1.54, 1.807) is 31.4 Å². The highest BCUT2D eigenvalue weighted by atomic mass is 16.2. The number of hydrogen-bond donors (Lipinski definition) is 1. The van der Waals surface area contributed by atoms with Crippen LogP contribution in [-0.4, -0.2) is 36.4 Å². The molecular formula is C12H17N3O. The first-order valence-corrected chi connectivity index (χ1v) is 5.54. The molecular weight excluding hydrogens is 202 g/mol. The van der Waals surface area contributed by atoms with Gasteiger partial charge in [-0.05, 0) is 37.1 Å². The van der Waals surface area contributed by atoms with E-state index in [4.69, 9.17) is 0 Å². The third-order valence-electron chi connectivity index (χ3n) is 3.10. The molecule has 0 radical (unpaired) electrons. The summed E-state index contributed by atoms with van der Waals surface area (Å²) < 4.78 is 0. The van der Waals surface area contributed by atoms with Crippen LogP contribution in [0, 0.1) is 0 Å². The van der Waals surface area contributed by atoms with Gasteiger partial charge >= 0.3 is 0 Å². The fourth-order valence-electron chi connectivity index (χ4n) is 2.31. The third kappa shape index (κ3) is 1.69. The van der Waals surface area contributed by atoms with Crippen molar-refractivity contribution in [2.24, 2.45) is 0 Å². The Hall–Kier alpha value is -1.42. The normalized spacial score (nSPS) is 24.4. The van der Waals surface area contributed by atoms with Crippen LogP contribution in [0.2, 0.25) is 0 Å². The van der Waals surface area contributed by atoms with Gasteiger partial charge in [-0.15, -0.1) is 0 Å². The number of aromatic nitrogens is 1. The molecule has 86 valence electrons. The van der Waals surface area contributed by atoms with Gasteiger partial charge in [0, 0.05) is 26.5 Å². The maximum absolute atomic E-state index is 12.3. The van der Waals surface area contributed by atoms with E-state index >= 15 is 0 Å². The molecule has 2 heterocycles. The lowest BCUT2D eigenvalue weighted by Gasteiger charge is -2.31. The summed E-state index contributed by atoms with van der Waals surface area (Å²) in [5, 5.41) is 3.35. The second-order valence-electron chi connectivity index (χ2n) is 4.37. The van der Waals surface area contributed by atoms with Crippen LogP contribution in [0.25, 0.3) is 0 Å². The standard InChI is InChI=1S/C12H17N3O/c1-15(2)11(16)12(6-3-7-14-12)10-4-8-13-9-5-10/h4-5,8-9,14H,3,6-7H2,1-2H3/t12-/m1/s1. The van der Waals surface area contributed by atoms with E-state index in [0.29, 0.717) is 0 Å². The number of nitrogens with one attached hydrogen (secondary N) is 1. The van der Waals surface area contributed by atoms with E-state index in [1.807, 2.05) is 12.1 Å². The van der Waals surface area contributed by atoms with Crippen molar-refractivity contribution < 1.29 is 4.79 Å². The molecule has 1 atom stereocenters. The first-order chi connectivity index (χ1) is 7.67. The first-order valence-electron chi connectivity index (χ1n) is 5.54. The summed E-state index contributed by atoms with van der Waals surface area (Å²) in [5.74, 6) is 0.121. The Bertz CT molecular complexity index is 369. The molecule has 2 rings (SSSR count). The van der Waals surface area contributed by atoms with Gasteiger partial charge in [0.15, 0.2) is 0 Å². The molecule has 1 amide bonds. The number of rotatable bonds is 2. The smallest absolute Gasteiger partial charge is 0.246 e. The Morgan fingerprint density at radius 1 is 1.44 bits per heavy atom. The molecule has 1 aliphatic rings. The highest BCUT2D eigenvalue weighted by Crippen LogP contribution is 2.31. The number of amides is 1. The lowest BCUT2D eigenvalue weighted by molar-refractivity contribution is -0.135. The van der Waals surface area contributed by atoms with Gasteiger partial charge < -0.3 is 4.90 Å². The fourth-order valence-corrected chi connectivity index (χ4v) is 2.31. The molecule has 0 spiro atoms. The Labute approximate surface area is 95.7 Å². The van der Waals surface area contributed by atoms with Crippen molar-refractivity contribution in [2.75, 3.05) is 20.6 Å². The van der Waals surface area contributed by atoms with Crippen LogP contribution in [0.5, 0.6) is 0 Å². The minimum atomic E-state index is -0.535. The Kier molecular flexibility index (Phi) is 2.92. The van der Waals surface area contributed by atoms with Gasteiger partial charge in [-0.2, -0.15) is 0 Å². The minimum Gasteiger partial charge on any atom is -0.347 e. The number of likely N-dealkylation sites (N-methyl/N-ethyl adjacent to an activating group) is 1. The molecule has 0 aliphatic carbocycles. The highest BCUT2D eigenvalue weighted by Gasteiger charge is 2.43. The van der Waals surface area contributed by atoms with Crippen LogP contribution in [0.15, 0.2) is 24.5 Å². The van der Waals surface area contributed by atoms with Crippen LogP contribution in [0.4, 0.5) is 0 Å². The summed E-state index contributed by atoms with van der Waals surface area (Å²) in [6.45, 7) is 0.891. The van der Waals surface area contributed by atoms with E-state index in [-0.39, 0.29) is 5.91 Å². The van der Waals surface area contributed by atoms with Crippen LogP contribution in [0.3, 0.4) is 0 Å². The zero-order chi connectivity index (χ0) is 11.6. The molecule has 1 aliphatic heterocycles. The van der Waals surface area contributed by atoms with Crippen molar-refractivity contribution in [3.8, 4) is 0 Å². The summed E-state index contributed by atoms with van der Waals surface area (Å²) in [6, 6.07) is 3.83. The lowest BCUT2D eigenvalue weighted by atomic mass is 9.87. The van der Waals surface area contributed by atoms with Crippen molar-refractivity contribution >= 4 is 5.91 Å². The van der Waals surface area contributed by atoms with Crippen molar-refractivity contribution in [2.45, 2.75) is 18.4 Å². The van der Waals surface area contributed by atoms with Gasteiger partial charge in [0.1, 0.15) is 5.54 Å². The van der Waals surface area contributed by atoms with Crippen molar-refractivity contribution in [3.63, 3.8) is 0 Å². The zero-order valence-electron chi connectivity index (χ0n) is 9.73. The van der Waals surface area contributed by atoms with E-state index in [0.717, 1.165) is 24.9 Å². The quantitative estimate of drug-likeness (QED) is 0.798. The molecule has 1 aromatic rings. The molecule has 16 heavy (non-hydrogen) atoms. The maximum Gasteiger partial charge on any atom is 0.246 e. The highest BCUT2D eigenvalue weighted by molar-refractivity contribution is 5.87. The largest absolute Gasteiger partial charge is 0.347 e. The number of pyridine rings is 1.